The average Bonchev–Trinajstić information content (AvgIpc) is 3.07. The number of carbonyl (C=O) groups excluding carboxylic acids is 3. The van der Waals surface area contributed by atoms with Gasteiger partial charge in [0, 0.05) is 19.3 Å². The summed E-state index contributed by atoms with van der Waals surface area (Å²) >= 11 is 0. The highest BCUT2D eigenvalue weighted by Gasteiger charge is 2.19. The molecule has 0 aliphatic heterocycles. The summed E-state index contributed by atoms with van der Waals surface area (Å²) in [5.74, 6) is 0.803. The number of hydrogen-bond acceptors (Lipinski definition) is 6. The third kappa shape index (κ3) is 32.7. The Morgan fingerprint density at radius 1 is 0.426 bits per heavy atom. The lowest BCUT2D eigenvalue weighted by Gasteiger charge is -2.18. The van der Waals surface area contributed by atoms with Crippen LogP contribution < -0.4 is 0 Å². The van der Waals surface area contributed by atoms with Crippen LogP contribution in [0.1, 0.15) is 214 Å². The summed E-state index contributed by atoms with van der Waals surface area (Å²) in [6, 6.07) is 0. The van der Waals surface area contributed by atoms with Crippen molar-refractivity contribution in [2.45, 2.75) is 221 Å². The molecule has 278 valence electrons. The Balaban J connectivity index is 4.22. The molecule has 6 heteroatoms. The average molecular weight is 667 g/mol. The van der Waals surface area contributed by atoms with Crippen LogP contribution in [0.4, 0.5) is 0 Å². The van der Waals surface area contributed by atoms with E-state index in [4.69, 9.17) is 14.2 Å². The van der Waals surface area contributed by atoms with E-state index in [9.17, 15) is 14.4 Å². The van der Waals surface area contributed by atoms with Crippen LogP contribution in [0.5, 0.6) is 0 Å². The van der Waals surface area contributed by atoms with Crippen molar-refractivity contribution in [2.24, 2.45) is 11.8 Å². The maximum Gasteiger partial charge on any atom is 0.306 e. The van der Waals surface area contributed by atoms with Crippen LogP contribution in [-0.2, 0) is 28.6 Å². The number of unbranched alkanes of at least 4 members (excludes halogenated alkanes) is 18. The molecule has 0 aromatic rings. The molecular formula is C41H78O6. The molecule has 0 bridgehead atoms. The molecule has 0 spiro atoms. The van der Waals surface area contributed by atoms with E-state index in [2.05, 4.69) is 34.6 Å². The predicted molar refractivity (Wildman–Crippen MR) is 196 cm³/mol. The van der Waals surface area contributed by atoms with Gasteiger partial charge in [-0.15, -0.1) is 0 Å². The minimum atomic E-state index is -0.758. The van der Waals surface area contributed by atoms with Gasteiger partial charge >= 0.3 is 17.9 Å². The van der Waals surface area contributed by atoms with Crippen LogP contribution in [0, 0.1) is 11.8 Å². The molecule has 0 N–H and O–H groups in total. The van der Waals surface area contributed by atoms with Crippen LogP contribution >= 0.6 is 0 Å². The number of ether oxygens (including phenoxy) is 3. The minimum absolute atomic E-state index is 0.0678. The van der Waals surface area contributed by atoms with E-state index < -0.39 is 6.10 Å². The molecule has 2 unspecified atom stereocenters. The van der Waals surface area contributed by atoms with Crippen molar-refractivity contribution in [2.75, 3.05) is 13.2 Å². The molecular weight excluding hydrogens is 588 g/mol. The third-order valence-electron chi connectivity index (χ3n) is 9.69. The highest BCUT2D eigenvalue weighted by molar-refractivity contribution is 5.71. The molecule has 0 aliphatic rings. The molecule has 0 aliphatic carbocycles. The summed E-state index contributed by atoms with van der Waals surface area (Å²) < 4.78 is 16.5. The maximum absolute atomic E-state index is 12.5. The molecule has 6 nitrogen and oxygen atoms in total. The fourth-order valence-corrected chi connectivity index (χ4v) is 5.80. The molecule has 0 rings (SSSR count). The van der Waals surface area contributed by atoms with Gasteiger partial charge in [-0.3, -0.25) is 14.4 Å². The summed E-state index contributed by atoms with van der Waals surface area (Å²) in [6.45, 7) is 11.2. The van der Waals surface area contributed by atoms with Crippen molar-refractivity contribution in [3.05, 3.63) is 0 Å². The Kier molecular flexibility index (Phi) is 33.1. The van der Waals surface area contributed by atoms with Gasteiger partial charge in [-0.1, -0.05) is 176 Å². The Hall–Kier alpha value is -1.59. The van der Waals surface area contributed by atoms with E-state index in [1.807, 2.05) is 0 Å². The standard InChI is InChI=1S/C41H78O6/c1-6-9-10-19-28-33-41(44)47-38(35-46-40(43)32-27-23-18-17-21-25-30-37(5)8-3)34-45-39(42)31-26-22-16-14-12-11-13-15-20-24-29-36(4)7-2/h36-38H,6-35H2,1-5H3/t36?,37?,38-/m0/s1. The molecule has 0 aromatic heterocycles. The van der Waals surface area contributed by atoms with Crippen molar-refractivity contribution in [1.29, 1.82) is 0 Å². The summed E-state index contributed by atoms with van der Waals surface area (Å²) in [4.78, 5) is 37.3. The Morgan fingerprint density at radius 3 is 1.11 bits per heavy atom. The van der Waals surface area contributed by atoms with Crippen molar-refractivity contribution in [1.82, 2.24) is 0 Å². The molecule has 47 heavy (non-hydrogen) atoms. The first-order valence-corrected chi connectivity index (χ1v) is 20.3. The largest absolute Gasteiger partial charge is 0.462 e. The number of esters is 3. The molecule has 3 atom stereocenters. The van der Waals surface area contributed by atoms with E-state index in [-0.39, 0.29) is 31.1 Å². The molecule has 0 radical (unpaired) electrons. The van der Waals surface area contributed by atoms with Gasteiger partial charge in [-0.2, -0.15) is 0 Å². The van der Waals surface area contributed by atoms with Gasteiger partial charge in [0.2, 0.25) is 0 Å². The van der Waals surface area contributed by atoms with Crippen LogP contribution in [0.3, 0.4) is 0 Å². The van der Waals surface area contributed by atoms with Gasteiger partial charge in [0.1, 0.15) is 13.2 Å². The normalized spacial score (nSPS) is 13.2. The van der Waals surface area contributed by atoms with Gasteiger partial charge in [-0.25, -0.2) is 0 Å². The molecule has 0 saturated heterocycles. The monoisotopic (exact) mass is 667 g/mol. The maximum atomic E-state index is 12.5. The van der Waals surface area contributed by atoms with Crippen LogP contribution in [-0.4, -0.2) is 37.2 Å². The zero-order chi connectivity index (χ0) is 34.8. The lowest BCUT2D eigenvalue weighted by atomic mass is 9.99. The van der Waals surface area contributed by atoms with Gasteiger partial charge in [0.15, 0.2) is 6.10 Å². The van der Waals surface area contributed by atoms with Gasteiger partial charge in [0.05, 0.1) is 0 Å². The molecule has 0 amide bonds. The molecule has 0 aromatic carbocycles. The lowest BCUT2D eigenvalue weighted by molar-refractivity contribution is -0.167. The van der Waals surface area contributed by atoms with Crippen molar-refractivity contribution in [3.8, 4) is 0 Å². The van der Waals surface area contributed by atoms with Crippen LogP contribution in [0.2, 0.25) is 0 Å². The zero-order valence-corrected chi connectivity index (χ0v) is 31.9. The quantitative estimate of drug-likeness (QED) is 0.0380. The number of carbonyl (C=O) groups is 3. The highest BCUT2D eigenvalue weighted by atomic mass is 16.6. The fraction of sp³-hybridized carbons (Fsp3) is 0.927. The van der Waals surface area contributed by atoms with Crippen LogP contribution in [0.15, 0.2) is 0 Å². The summed E-state index contributed by atoms with van der Waals surface area (Å²) in [6.07, 6.45) is 29.7. The highest BCUT2D eigenvalue weighted by Crippen LogP contribution is 2.17. The van der Waals surface area contributed by atoms with Crippen LogP contribution in [0.25, 0.3) is 0 Å². The minimum Gasteiger partial charge on any atom is -0.462 e. The second-order valence-electron chi connectivity index (χ2n) is 14.4. The number of rotatable bonds is 35. The summed E-state index contributed by atoms with van der Waals surface area (Å²) in [5.41, 5.74) is 0. The predicted octanol–water partition coefficient (Wildman–Crippen LogP) is 12.2. The first kappa shape index (κ1) is 45.4. The van der Waals surface area contributed by atoms with Gasteiger partial charge < -0.3 is 14.2 Å². The van der Waals surface area contributed by atoms with E-state index >= 15 is 0 Å². The van der Waals surface area contributed by atoms with Gasteiger partial charge in [0.25, 0.3) is 0 Å². The van der Waals surface area contributed by atoms with Crippen molar-refractivity contribution >= 4 is 17.9 Å². The van der Waals surface area contributed by atoms with Crippen molar-refractivity contribution in [3.63, 3.8) is 0 Å². The van der Waals surface area contributed by atoms with E-state index in [1.165, 1.54) is 96.3 Å². The Labute approximate surface area is 291 Å². The zero-order valence-electron chi connectivity index (χ0n) is 31.9. The first-order valence-electron chi connectivity index (χ1n) is 20.3. The number of hydrogen-bond donors (Lipinski definition) is 0. The summed E-state index contributed by atoms with van der Waals surface area (Å²) in [5, 5.41) is 0. The second kappa shape index (κ2) is 34.3. The lowest BCUT2D eigenvalue weighted by Crippen LogP contribution is -2.30. The smallest absolute Gasteiger partial charge is 0.306 e. The topological polar surface area (TPSA) is 78.9 Å². The fourth-order valence-electron chi connectivity index (χ4n) is 5.80. The third-order valence-corrected chi connectivity index (χ3v) is 9.69. The van der Waals surface area contributed by atoms with E-state index in [1.54, 1.807) is 0 Å². The van der Waals surface area contributed by atoms with E-state index in [0.29, 0.717) is 19.3 Å². The SMILES string of the molecule is CCCCCCCC(=O)O[C@@H](COC(=O)CCCCCCCCCCCCC(C)CC)COC(=O)CCCCCCCCC(C)CC. The molecule has 0 saturated carbocycles. The van der Waals surface area contributed by atoms with E-state index in [0.717, 1.165) is 76.0 Å². The van der Waals surface area contributed by atoms with Gasteiger partial charge in [-0.05, 0) is 31.1 Å². The van der Waals surface area contributed by atoms with Crippen molar-refractivity contribution < 1.29 is 28.6 Å². The molecule has 0 heterocycles. The second-order valence-corrected chi connectivity index (χ2v) is 14.4. The molecule has 0 fully saturated rings. The Bertz CT molecular complexity index is 723. The summed E-state index contributed by atoms with van der Waals surface area (Å²) in [7, 11) is 0. The Morgan fingerprint density at radius 2 is 0.745 bits per heavy atom. The first-order chi connectivity index (χ1) is 22.8.